The molecule has 5 nitrogen and oxygen atoms in total. The van der Waals surface area contributed by atoms with Gasteiger partial charge in [0.05, 0.1) is 23.5 Å². The molecule has 2 aromatic heterocycles. The van der Waals surface area contributed by atoms with Crippen LogP contribution in [0.5, 0.6) is 0 Å². The molecule has 0 radical (unpaired) electrons. The molecule has 0 saturated carbocycles. The van der Waals surface area contributed by atoms with Crippen molar-refractivity contribution in [3.63, 3.8) is 0 Å². The number of pyridine rings is 1. The van der Waals surface area contributed by atoms with Crippen molar-refractivity contribution in [3.05, 3.63) is 59.7 Å². The van der Waals surface area contributed by atoms with Crippen LogP contribution in [0.15, 0.2) is 42.6 Å². The van der Waals surface area contributed by atoms with Crippen LogP contribution in [0.3, 0.4) is 0 Å². The largest absolute Gasteiger partial charge is 0.346 e. The molecule has 0 spiro atoms. The second kappa shape index (κ2) is 7.47. The number of rotatable bonds is 6. The first kappa shape index (κ1) is 17.1. The number of para-hydroxylation sites is 2. The van der Waals surface area contributed by atoms with E-state index in [1.807, 2.05) is 43.3 Å². The lowest BCUT2D eigenvalue weighted by Crippen LogP contribution is -2.34. The van der Waals surface area contributed by atoms with E-state index >= 15 is 0 Å². The number of carbonyl (C=O) groups excluding carboxylic acids is 1. The lowest BCUT2D eigenvalue weighted by Gasteiger charge is -2.22. The second-order valence-electron chi connectivity index (χ2n) is 6.55. The van der Waals surface area contributed by atoms with Gasteiger partial charge in [-0.2, -0.15) is 0 Å². The van der Waals surface area contributed by atoms with E-state index in [2.05, 4.69) is 34.1 Å². The minimum Gasteiger partial charge on any atom is -0.346 e. The van der Waals surface area contributed by atoms with Crippen molar-refractivity contribution >= 4 is 16.9 Å². The van der Waals surface area contributed by atoms with Gasteiger partial charge in [0.1, 0.15) is 5.82 Å². The zero-order chi connectivity index (χ0) is 17.8. The van der Waals surface area contributed by atoms with Crippen LogP contribution in [0.1, 0.15) is 43.4 Å². The summed E-state index contributed by atoms with van der Waals surface area (Å²) in [5.74, 6) is 1.07. The number of nitrogens with zero attached hydrogens (tertiary/aromatic N) is 2. The van der Waals surface area contributed by atoms with E-state index in [4.69, 9.17) is 0 Å². The molecule has 1 amide bonds. The van der Waals surface area contributed by atoms with Crippen molar-refractivity contribution in [1.29, 1.82) is 0 Å². The molecule has 5 heteroatoms. The first-order valence-electron chi connectivity index (χ1n) is 8.72. The number of hydrogen-bond donors (Lipinski definition) is 2. The van der Waals surface area contributed by atoms with Gasteiger partial charge in [-0.05, 0) is 36.6 Å². The zero-order valence-corrected chi connectivity index (χ0v) is 14.9. The van der Waals surface area contributed by atoms with Gasteiger partial charge in [-0.1, -0.05) is 38.5 Å². The Bertz CT molecular complexity index is 821. The Kier molecular flexibility index (Phi) is 5.12. The molecule has 0 bridgehead atoms. The molecular weight excluding hydrogens is 312 g/mol. The second-order valence-corrected chi connectivity index (χ2v) is 6.55. The highest BCUT2D eigenvalue weighted by molar-refractivity contribution is 5.79. The number of fused-ring (bicyclic) bond motifs is 1. The zero-order valence-electron chi connectivity index (χ0n) is 14.9. The van der Waals surface area contributed by atoms with Crippen LogP contribution < -0.4 is 5.32 Å². The van der Waals surface area contributed by atoms with Gasteiger partial charge in [0.25, 0.3) is 0 Å². The maximum absolute atomic E-state index is 12.5. The van der Waals surface area contributed by atoms with Crippen LogP contribution in [-0.4, -0.2) is 20.9 Å². The summed E-state index contributed by atoms with van der Waals surface area (Å²) >= 11 is 0. The first-order chi connectivity index (χ1) is 12.1. The van der Waals surface area contributed by atoms with Crippen molar-refractivity contribution < 1.29 is 4.79 Å². The maximum Gasteiger partial charge on any atom is 0.225 e. The number of amides is 1. The Morgan fingerprint density at radius 2 is 2.04 bits per heavy atom. The number of benzene rings is 1. The predicted octanol–water partition coefficient (Wildman–Crippen LogP) is 3.71. The van der Waals surface area contributed by atoms with Crippen molar-refractivity contribution in [2.75, 3.05) is 0 Å². The van der Waals surface area contributed by atoms with Gasteiger partial charge in [-0.25, -0.2) is 4.98 Å². The van der Waals surface area contributed by atoms with Gasteiger partial charge in [0.2, 0.25) is 5.91 Å². The van der Waals surface area contributed by atoms with Crippen molar-refractivity contribution in [1.82, 2.24) is 20.3 Å². The van der Waals surface area contributed by atoms with E-state index in [1.54, 1.807) is 6.20 Å². The van der Waals surface area contributed by atoms with Crippen molar-refractivity contribution in [2.24, 2.45) is 5.92 Å². The minimum atomic E-state index is -0.136. The SMILES string of the molecule is CC[C@@H](C)[C@H](NC(=O)Cc1ccc(C)nc1)c1nc2ccccc2[nH]1. The van der Waals surface area contributed by atoms with Gasteiger partial charge in [0, 0.05) is 11.9 Å². The fourth-order valence-corrected chi connectivity index (χ4v) is 2.85. The molecule has 2 atom stereocenters. The number of nitrogens with one attached hydrogen (secondary N) is 2. The number of H-pyrrole nitrogens is 1. The van der Waals surface area contributed by atoms with E-state index < -0.39 is 0 Å². The summed E-state index contributed by atoms with van der Waals surface area (Å²) in [6.07, 6.45) is 3.03. The summed E-state index contributed by atoms with van der Waals surface area (Å²) in [5, 5.41) is 3.15. The van der Waals surface area contributed by atoms with Gasteiger partial charge >= 0.3 is 0 Å². The minimum absolute atomic E-state index is 0.0172. The van der Waals surface area contributed by atoms with E-state index in [9.17, 15) is 4.79 Å². The highest BCUT2D eigenvalue weighted by Gasteiger charge is 2.23. The number of aromatic amines is 1. The third-order valence-electron chi connectivity index (χ3n) is 4.57. The topological polar surface area (TPSA) is 70.7 Å². The monoisotopic (exact) mass is 336 g/mol. The Morgan fingerprint density at radius 1 is 1.24 bits per heavy atom. The predicted molar refractivity (Wildman–Crippen MR) is 99.1 cm³/mol. The first-order valence-corrected chi connectivity index (χ1v) is 8.72. The standard InChI is InChI=1S/C20H24N4O/c1-4-13(2)19(20-22-16-7-5-6-8-17(16)23-20)24-18(25)11-15-10-9-14(3)21-12-15/h5-10,12-13,19H,4,11H2,1-3H3,(H,22,23)(H,24,25)/t13-,19+/m1/s1. The number of carbonyl (C=O) groups is 1. The smallest absolute Gasteiger partial charge is 0.225 e. The summed E-state index contributed by atoms with van der Waals surface area (Å²) in [6.45, 7) is 6.19. The van der Waals surface area contributed by atoms with Crippen LogP contribution in [0, 0.1) is 12.8 Å². The molecule has 2 heterocycles. The van der Waals surface area contributed by atoms with E-state index in [0.29, 0.717) is 6.42 Å². The quantitative estimate of drug-likeness (QED) is 0.721. The number of aromatic nitrogens is 3. The summed E-state index contributed by atoms with van der Waals surface area (Å²) in [4.78, 5) is 24.8. The molecule has 0 saturated heterocycles. The highest BCUT2D eigenvalue weighted by atomic mass is 16.1. The van der Waals surface area contributed by atoms with Gasteiger partial charge < -0.3 is 10.3 Å². The molecule has 0 fully saturated rings. The molecule has 1 aromatic carbocycles. The third-order valence-corrected chi connectivity index (χ3v) is 4.57. The van der Waals surface area contributed by atoms with Crippen molar-refractivity contribution in [3.8, 4) is 0 Å². The Balaban J connectivity index is 1.78. The molecule has 25 heavy (non-hydrogen) atoms. The fourth-order valence-electron chi connectivity index (χ4n) is 2.85. The lowest BCUT2D eigenvalue weighted by atomic mass is 9.98. The summed E-state index contributed by atoms with van der Waals surface area (Å²) < 4.78 is 0. The molecule has 0 unspecified atom stereocenters. The molecule has 3 aromatic rings. The van der Waals surface area contributed by atoms with Crippen LogP contribution >= 0.6 is 0 Å². The fraction of sp³-hybridized carbons (Fsp3) is 0.350. The van der Waals surface area contributed by atoms with Crippen molar-refractivity contribution in [2.45, 2.75) is 39.7 Å². The van der Waals surface area contributed by atoms with Gasteiger partial charge in [0.15, 0.2) is 0 Å². The van der Waals surface area contributed by atoms with E-state index in [-0.39, 0.29) is 17.9 Å². The molecule has 0 aliphatic rings. The van der Waals surface area contributed by atoms with Gasteiger partial charge in [-0.15, -0.1) is 0 Å². The normalized spacial score (nSPS) is 13.6. The van der Waals surface area contributed by atoms with Crippen LogP contribution in [0.4, 0.5) is 0 Å². The summed E-state index contributed by atoms with van der Waals surface area (Å²) in [6, 6.07) is 11.7. The van der Waals surface area contributed by atoms with E-state index in [0.717, 1.165) is 34.5 Å². The average molecular weight is 336 g/mol. The third kappa shape index (κ3) is 4.05. The number of imidazole rings is 1. The van der Waals surface area contributed by atoms with E-state index in [1.165, 1.54) is 0 Å². The maximum atomic E-state index is 12.5. The highest BCUT2D eigenvalue weighted by Crippen LogP contribution is 2.24. The molecule has 2 N–H and O–H groups in total. The molecule has 0 aliphatic heterocycles. The average Bonchev–Trinajstić information content (AvgIpc) is 3.04. The van der Waals surface area contributed by atoms with Gasteiger partial charge in [-0.3, -0.25) is 9.78 Å². The lowest BCUT2D eigenvalue weighted by molar-refractivity contribution is -0.121. The summed E-state index contributed by atoms with van der Waals surface area (Å²) in [7, 11) is 0. The Hall–Kier alpha value is -2.69. The molecular formula is C20H24N4O. The molecule has 130 valence electrons. The number of hydrogen-bond acceptors (Lipinski definition) is 3. The molecule has 3 rings (SSSR count). The number of aryl methyl sites for hydroxylation is 1. The molecule has 0 aliphatic carbocycles. The summed E-state index contributed by atoms with van der Waals surface area (Å²) in [5.41, 5.74) is 3.77. The van der Waals surface area contributed by atoms with Crippen LogP contribution in [0.2, 0.25) is 0 Å². The van der Waals surface area contributed by atoms with Crippen LogP contribution in [0.25, 0.3) is 11.0 Å². The van der Waals surface area contributed by atoms with Crippen LogP contribution in [-0.2, 0) is 11.2 Å². The Labute approximate surface area is 147 Å². The Morgan fingerprint density at radius 3 is 2.72 bits per heavy atom.